The average Bonchev–Trinajstić information content (AvgIpc) is 3.10. The van der Waals surface area contributed by atoms with Gasteiger partial charge in [0.2, 0.25) is 0 Å². The highest BCUT2D eigenvalue weighted by atomic mass is 35.5. The van der Waals surface area contributed by atoms with Gasteiger partial charge in [0.05, 0.1) is 5.56 Å². The maximum atomic E-state index is 12.1. The minimum Gasteiger partial charge on any atom is -0.457 e. The number of esters is 1. The Labute approximate surface area is 149 Å². The first-order valence-corrected chi connectivity index (χ1v) is 7.83. The van der Waals surface area contributed by atoms with E-state index in [2.05, 4.69) is 5.16 Å². The molecule has 126 valence electrons. The van der Waals surface area contributed by atoms with E-state index in [4.69, 9.17) is 26.0 Å². The van der Waals surface area contributed by atoms with Crippen LogP contribution in [0, 0.1) is 0 Å². The van der Waals surface area contributed by atoms with Crippen LogP contribution in [0.3, 0.4) is 0 Å². The van der Waals surface area contributed by atoms with Gasteiger partial charge >= 0.3 is 5.97 Å². The summed E-state index contributed by atoms with van der Waals surface area (Å²) in [7, 11) is 0. The lowest BCUT2D eigenvalue weighted by Crippen LogP contribution is -2.05. The first-order chi connectivity index (χ1) is 12.2. The minimum absolute atomic E-state index is 0.113. The van der Waals surface area contributed by atoms with Crippen LogP contribution in [0.15, 0.2) is 70.2 Å². The van der Waals surface area contributed by atoms with Gasteiger partial charge in [-0.2, -0.15) is 0 Å². The summed E-state index contributed by atoms with van der Waals surface area (Å²) >= 11 is 6.04. The van der Waals surface area contributed by atoms with Gasteiger partial charge in [-0.05, 0) is 30.3 Å². The van der Waals surface area contributed by atoms with Crippen molar-refractivity contribution in [1.29, 1.82) is 0 Å². The van der Waals surface area contributed by atoms with Crippen molar-refractivity contribution in [2.24, 2.45) is 5.16 Å². The molecule has 0 aliphatic heterocycles. The molecule has 0 aliphatic rings. The maximum absolute atomic E-state index is 12.1. The van der Waals surface area contributed by atoms with Crippen LogP contribution in [0.4, 0.5) is 0 Å². The Balaban J connectivity index is 1.67. The van der Waals surface area contributed by atoms with Crippen LogP contribution in [0.2, 0.25) is 5.02 Å². The molecule has 0 spiro atoms. The molecule has 0 saturated heterocycles. The summed E-state index contributed by atoms with van der Waals surface area (Å²) < 4.78 is 10.8. The van der Waals surface area contributed by atoms with Gasteiger partial charge < -0.3 is 14.4 Å². The Morgan fingerprint density at radius 3 is 2.60 bits per heavy atom. The van der Waals surface area contributed by atoms with Gasteiger partial charge in [-0.3, -0.25) is 0 Å². The second-order valence-corrected chi connectivity index (χ2v) is 5.60. The standard InChI is InChI=1S/C19H14ClNO4/c20-17-4-2-1-3-15(17)12-24-19(22)14-7-5-13(6-8-14)18-10-9-16(25-18)11-21-23/h1-11,23H,12H2/b21-11+. The number of hydrogen-bond acceptors (Lipinski definition) is 5. The Morgan fingerprint density at radius 1 is 1.12 bits per heavy atom. The number of halogens is 1. The zero-order valence-electron chi connectivity index (χ0n) is 13.1. The third-order valence-corrected chi connectivity index (χ3v) is 3.90. The Hall–Kier alpha value is -3.05. The van der Waals surface area contributed by atoms with Crippen LogP contribution >= 0.6 is 11.6 Å². The van der Waals surface area contributed by atoms with Crippen LogP contribution in [0.1, 0.15) is 21.7 Å². The number of oxime groups is 1. The highest BCUT2D eigenvalue weighted by Gasteiger charge is 2.10. The lowest BCUT2D eigenvalue weighted by Gasteiger charge is -2.07. The van der Waals surface area contributed by atoms with E-state index >= 15 is 0 Å². The molecule has 0 atom stereocenters. The van der Waals surface area contributed by atoms with Crippen molar-refractivity contribution in [3.05, 3.63) is 82.6 Å². The molecule has 5 nitrogen and oxygen atoms in total. The van der Waals surface area contributed by atoms with Crippen molar-refractivity contribution >= 4 is 23.8 Å². The summed E-state index contributed by atoms with van der Waals surface area (Å²) in [5, 5.41) is 12.0. The molecule has 1 heterocycles. The number of benzene rings is 2. The quantitative estimate of drug-likeness (QED) is 0.310. The molecule has 6 heteroatoms. The highest BCUT2D eigenvalue weighted by Crippen LogP contribution is 2.22. The summed E-state index contributed by atoms with van der Waals surface area (Å²) in [5.74, 6) is 0.602. The molecule has 0 fully saturated rings. The molecule has 0 saturated carbocycles. The third kappa shape index (κ3) is 4.08. The van der Waals surface area contributed by atoms with Gasteiger partial charge in [-0.15, -0.1) is 0 Å². The topological polar surface area (TPSA) is 72.0 Å². The van der Waals surface area contributed by atoms with Gasteiger partial charge in [0.25, 0.3) is 0 Å². The fraction of sp³-hybridized carbons (Fsp3) is 0.0526. The van der Waals surface area contributed by atoms with Crippen molar-refractivity contribution < 1.29 is 19.2 Å². The van der Waals surface area contributed by atoms with Gasteiger partial charge in [0.15, 0.2) is 0 Å². The molecule has 0 aliphatic carbocycles. The number of furan rings is 1. The largest absolute Gasteiger partial charge is 0.457 e. The Morgan fingerprint density at radius 2 is 1.88 bits per heavy atom. The molecule has 0 radical (unpaired) electrons. The van der Waals surface area contributed by atoms with Crippen LogP contribution in [-0.4, -0.2) is 17.4 Å². The fourth-order valence-electron chi connectivity index (χ4n) is 2.25. The van der Waals surface area contributed by atoms with Crippen LogP contribution in [0.5, 0.6) is 0 Å². The van der Waals surface area contributed by atoms with E-state index in [0.717, 1.165) is 11.1 Å². The summed E-state index contributed by atoms with van der Waals surface area (Å²) in [4.78, 5) is 12.1. The van der Waals surface area contributed by atoms with Gasteiger partial charge in [-0.25, -0.2) is 4.79 Å². The minimum atomic E-state index is -0.431. The molecule has 2 aromatic carbocycles. The van der Waals surface area contributed by atoms with E-state index in [-0.39, 0.29) is 6.61 Å². The first-order valence-electron chi connectivity index (χ1n) is 7.45. The normalized spacial score (nSPS) is 10.9. The SMILES string of the molecule is O=C(OCc1ccccc1Cl)c1ccc(-c2ccc(/C=N/O)o2)cc1. The van der Waals surface area contributed by atoms with Crippen LogP contribution < -0.4 is 0 Å². The van der Waals surface area contributed by atoms with Crippen molar-refractivity contribution in [2.45, 2.75) is 6.61 Å². The second-order valence-electron chi connectivity index (χ2n) is 5.19. The predicted octanol–water partition coefficient (Wildman–Crippen LogP) is 4.77. The first kappa shape index (κ1) is 16.8. The zero-order valence-corrected chi connectivity index (χ0v) is 13.8. The van der Waals surface area contributed by atoms with E-state index in [1.807, 2.05) is 18.2 Å². The number of carbonyl (C=O) groups is 1. The molecular weight excluding hydrogens is 342 g/mol. The monoisotopic (exact) mass is 355 g/mol. The lowest BCUT2D eigenvalue weighted by atomic mass is 10.1. The Bertz CT molecular complexity index is 900. The molecule has 0 unspecified atom stereocenters. The maximum Gasteiger partial charge on any atom is 0.338 e. The van der Waals surface area contributed by atoms with Crippen molar-refractivity contribution in [3.63, 3.8) is 0 Å². The van der Waals surface area contributed by atoms with Crippen molar-refractivity contribution in [2.75, 3.05) is 0 Å². The second kappa shape index (κ2) is 7.68. The van der Waals surface area contributed by atoms with Gasteiger partial charge in [-0.1, -0.05) is 47.1 Å². The molecule has 0 bridgehead atoms. The number of nitrogens with zero attached hydrogens (tertiary/aromatic N) is 1. The molecule has 25 heavy (non-hydrogen) atoms. The van der Waals surface area contributed by atoms with E-state index in [1.165, 1.54) is 6.21 Å². The molecule has 1 aromatic heterocycles. The van der Waals surface area contributed by atoms with Crippen LogP contribution in [0.25, 0.3) is 11.3 Å². The number of hydrogen-bond donors (Lipinski definition) is 1. The van der Waals surface area contributed by atoms with Crippen molar-refractivity contribution in [1.82, 2.24) is 0 Å². The van der Waals surface area contributed by atoms with E-state index in [1.54, 1.807) is 42.5 Å². The number of ether oxygens (including phenoxy) is 1. The van der Waals surface area contributed by atoms with E-state index < -0.39 is 5.97 Å². The summed E-state index contributed by atoms with van der Waals surface area (Å²) in [5.41, 5.74) is 1.97. The van der Waals surface area contributed by atoms with E-state index in [9.17, 15) is 4.79 Å². The molecule has 3 rings (SSSR count). The molecule has 1 N–H and O–H groups in total. The summed E-state index contributed by atoms with van der Waals surface area (Å²) in [6, 6.07) is 17.5. The number of rotatable bonds is 5. The Kier molecular flexibility index (Phi) is 5.16. The van der Waals surface area contributed by atoms with E-state index in [0.29, 0.717) is 22.1 Å². The lowest BCUT2D eigenvalue weighted by molar-refractivity contribution is 0.0473. The summed E-state index contributed by atoms with van der Waals surface area (Å²) in [6.45, 7) is 0.113. The molecular formula is C19H14ClNO4. The average molecular weight is 356 g/mol. The fourth-order valence-corrected chi connectivity index (χ4v) is 2.44. The highest BCUT2D eigenvalue weighted by molar-refractivity contribution is 6.31. The predicted molar refractivity (Wildman–Crippen MR) is 94.1 cm³/mol. The van der Waals surface area contributed by atoms with Gasteiger partial charge in [0, 0.05) is 16.1 Å². The molecule has 0 amide bonds. The number of carbonyl (C=O) groups excluding carboxylic acids is 1. The summed E-state index contributed by atoms with van der Waals surface area (Å²) in [6.07, 6.45) is 1.20. The zero-order chi connectivity index (χ0) is 17.6. The van der Waals surface area contributed by atoms with Gasteiger partial charge in [0.1, 0.15) is 24.3 Å². The van der Waals surface area contributed by atoms with Crippen LogP contribution in [-0.2, 0) is 11.3 Å². The third-order valence-electron chi connectivity index (χ3n) is 3.53. The molecule has 3 aromatic rings. The van der Waals surface area contributed by atoms with Crippen molar-refractivity contribution in [3.8, 4) is 11.3 Å². The smallest absolute Gasteiger partial charge is 0.338 e.